The summed E-state index contributed by atoms with van der Waals surface area (Å²) >= 11 is 0. The summed E-state index contributed by atoms with van der Waals surface area (Å²) in [6.07, 6.45) is 0. The molecule has 0 saturated carbocycles. The number of H-pyrrole nitrogens is 1. The highest BCUT2D eigenvalue weighted by molar-refractivity contribution is 5.58. The summed E-state index contributed by atoms with van der Waals surface area (Å²) in [5.41, 5.74) is 1.11. The minimum atomic E-state index is -0.595. The van der Waals surface area contributed by atoms with E-state index in [4.69, 9.17) is 5.26 Å². The first kappa shape index (κ1) is 14.7. The Labute approximate surface area is 121 Å². The molecule has 0 aliphatic rings. The molecular formula is C15H15FN4O. The fraction of sp³-hybridized carbons (Fsp3) is 0.267. The van der Waals surface area contributed by atoms with Crippen molar-refractivity contribution < 1.29 is 4.39 Å². The Morgan fingerprint density at radius 2 is 2.14 bits per heavy atom. The number of nitrogens with one attached hydrogen (secondary N) is 2. The molecule has 2 rings (SSSR count). The first-order valence-corrected chi connectivity index (χ1v) is 6.46. The molecule has 0 fully saturated rings. The number of hydrogen-bond acceptors (Lipinski definition) is 4. The zero-order chi connectivity index (χ0) is 15.6. The Kier molecular flexibility index (Phi) is 4.03. The molecule has 0 spiro atoms. The smallest absolute Gasteiger partial charge is 0.256 e. The molecule has 0 bridgehead atoms. The molecule has 6 heteroatoms. The molecule has 0 radical (unpaired) electrons. The third-order valence-electron chi connectivity index (χ3n) is 3.19. The van der Waals surface area contributed by atoms with Gasteiger partial charge in [0.2, 0.25) is 0 Å². The van der Waals surface area contributed by atoms with Gasteiger partial charge in [0.25, 0.3) is 5.56 Å². The predicted octanol–water partition coefficient (Wildman–Crippen LogP) is 2.57. The van der Waals surface area contributed by atoms with Gasteiger partial charge in [0.1, 0.15) is 23.3 Å². The van der Waals surface area contributed by atoms with E-state index in [1.807, 2.05) is 6.07 Å². The van der Waals surface area contributed by atoms with Crippen LogP contribution in [0.4, 0.5) is 10.1 Å². The number of aryl methyl sites for hydroxylation is 2. The number of rotatable bonds is 3. The zero-order valence-electron chi connectivity index (χ0n) is 12.0. The van der Waals surface area contributed by atoms with Crippen molar-refractivity contribution >= 4 is 5.69 Å². The second-order valence-corrected chi connectivity index (χ2v) is 4.79. The first-order valence-electron chi connectivity index (χ1n) is 6.46. The third kappa shape index (κ3) is 2.92. The number of benzene rings is 1. The number of aromatic amines is 1. The van der Waals surface area contributed by atoms with Crippen LogP contribution in [0.3, 0.4) is 0 Å². The molecule has 2 N–H and O–H groups in total. The van der Waals surface area contributed by atoms with Crippen molar-refractivity contribution in [3.63, 3.8) is 0 Å². The number of nitrogens with zero attached hydrogens (tertiary/aromatic N) is 2. The molecule has 2 aromatic rings. The van der Waals surface area contributed by atoms with Gasteiger partial charge in [-0.2, -0.15) is 5.26 Å². The Morgan fingerprint density at radius 1 is 1.43 bits per heavy atom. The highest BCUT2D eigenvalue weighted by Crippen LogP contribution is 2.23. The molecule has 1 aromatic carbocycles. The molecular weight excluding hydrogens is 271 g/mol. The van der Waals surface area contributed by atoms with E-state index >= 15 is 0 Å². The number of aromatic nitrogens is 2. The minimum absolute atomic E-state index is 0.0708. The van der Waals surface area contributed by atoms with Gasteiger partial charge in [-0.25, -0.2) is 9.37 Å². The molecule has 1 heterocycles. The number of nitriles is 1. The maximum absolute atomic E-state index is 13.6. The van der Waals surface area contributed by atoms with Crippen molar-refractivity contribution in [1.82, 2.24) is 9.97 Å². The lowest BCUT2D eigenvalue weighted by Crippen LogP contribution is -2.23. The summed E-state index contributed by atoms with van der Waals surface area (Å²) in [6, 6.07) is 5.75. The van der Waals surface area contributed by atoms with Crippen LogP contribution in [-0.4, -0.2) is 9.97 Å². The van der Waals surface area contributed by atoms with E-state index in [1.54, 1.807) is 26.8 Å². The average Bonchev–Trinajstić information content (AvgIpc) is 2.37. The Hall–Kier alpha value is -2.68. The lowest BCUT2D eigenvalue weighted by atomic mass is 10.1. The van der Waals surface area contributed by atoms with Gasteiger partial charge in [0.15, 0.2) is 0 Å². The van der Waals surface area contributed by atoms with Crippen LogP contribution in [0, 0.1) is 31.0 Å². The Bertz CT molecular complexity index is 776. The summed E-state index contributed by atoms with van der Waals surface area (Å²) in [6.45, 7) is 5.21. The second kappa shape index (κ2) is 5.75. The van der Waals surface area contributed by atoms with Crippen LogP contribution in [-0.2, 0) is 0 Å². The lowest BCUT2D eigenvalue weighted by Gasteiger charge is -2.17. The summed E-state index contributed by atoms with van der Waals surface area (Å²) < 4.78 is 13.6. The van der Waals surface area contributed by atoms with Gasteiger partial charge >= 0.3 is 0 Å². The molecule has 21 heavy (non-hydrogen) atoms. The second-order valence-electron chi connectivity index (χ2n) is 4.79. The zero-order valence-corrected chi connectivity index (χ0v) is 12.0. The van der Waals surface area contributed by atoms with Crippen molar-refractivity contribution in [1.29, 1.82) is 5.26 Å². The van der Waals surface area contributed by atoms with E-state index < -0.39 is 11.9 Å². The van der Waals surface area contributed by atoms with E-state index in [-0.39, 0.29) is 11.1 Å². The quantitative estimate of drug-likeness (QED) is 0.908. The van der Waals surface area contributed by atoms with Gasteiger partial charge in [-0.3, -0.25) is 4.79 Å². The summed E-state index contributed by atoms with van der Waals surface area (Å²) in [5, 5.41) is 12.0. The Morgan fingerprint density at radius 3 is 2.76 bits per heavy atom. The molecule has 0 amide bonds. The van der Waals surface area contributed by atoms with Gasteiger partial charge in [0, 0.05) is 0 Å². The van der Waals surface area contributed by atoms with E-state index in [2.05, 4.69) is 15.3 Å². The normalized spacial score (nSPS) is 11.8. The van der Waals surface area contributed by atoms with E-state index in [1.165, 1.54) is 12.1 Å². The largest absolute Gasteiger partial charge is 0.377 e. The van der Waals surface area contributed by atoms with E-state index in [0.717, 1.165) is 0 Å². The molecule has 5 nitrogen and oxygen atoms in total. The van der Waals surface area contributed by atoms with Gasteiger partial charge in [0.05, 0.1) is 23.0 Å². The fourth-order valence-electron chi connectivity index (χ4n) is 2.31. The van der Waals surface area contributed by atoms with Gasteiger partial charge in [-0.1, -0.05) is 6.07 Å². The van der Waals surface area contributed by atoms with Crippen molar-refractivity contribution in [2.75, 3.05) is 5.32 Å². The van der Waals surface area contributed by atoms with Crippen molar-refractivity contribution in [2.24, 2.45) is 0 Å². The monoisotopic (exact) mass is 286 g/mol. The van der Waals surface area contributed by atoms with E-state index in [9.17, 15) is 9.18 Å². The van der Waals surface area contributed by atoms with Crippen LogP contribution < -0.4 is 10.9 Å². The van der Waals surface area contributed by atoms with Gasteiger partial charge in [-0.05, 0) is 32.9 Å². The molecule has 1 atom stereocenters. The molecule has 108 valence electrons. The van der Waals surface area contributed by atoms with Crippen LogP contribution in [0.25, 0.3) is 0 Å². The van der Waals surface area contributed by atoms with E-state index in [0.29, 0.717) is 22.8 Å². The SMILES string of the molecule is Cc1nc(C)c(C(C)Nc2cccc(F)c2C#N)c(=O)[nH]1. The summed E-state index contributed by atoms with van der Waals surface area (Å²) in [5.74, 6) is -0.0562. The van der Waals surface area contributed by atoms with Crippen molar-refractivity contribution in [3.8, 4) is 6.07 Å². The highest BCUT2D eigenvalue weighted by Gasteiger charge is 2.17. The van der Waals surface area contributed by atoms with Crippen LogP contribution in [0.5, 0.6) is 0 Å². The Balaban J connectivity index is 2.40. The van der Waals surface area contributed by atoms with Crippen LogP contribution in [0.2, 0.25) is 0 Å². The maximum atomic E-state index is 13.6. The lowest BCUT2D eigenvalue weighted by molar-refractivity contribution is 0.624. The minimum Gasteiger partial charge on any atom is -0.377 e. The molecule has 0 saturated heterocycles. The number of anilines is 1. The summed E-state index contributed by atoms with van der Waals surface area (Å²) in [7, 11) is 0. The van der Waals surface area contributed by atoms with Crippen LogP contribution >= 0.6 is 0 Å². The summed E-state index contributed by atoms with van der Waals surface area (Å²) in [4.78, 5) is 18.9. The van der Waals surface area contributed by atoms with Gasteiger partial charge < -0.3 is 10.3 Å². The van der Waals surface area contributed by atoms with Crippen molar-refractivity contribution in [2.45, 2.75) is 26.8 Å². The molecule has 1 unspecified atom stereocenters. The predicted molar refractivity (Wildman–Crippen MR) is 77.5 cm³/mol. The topological polar surface area (TPSA) is 81.6 Å². The van der Waals surface area contributed by atoms with Crippen LogP contribution in [0.15, 0.2) is 23.0 Å². The molecule has 0 aliphatic heterocycles. The number of halogens is 1. The standard InChI is InChI=1S/C15H15FN4O/c1-8-14(15(21)20-10(3)18-8)9(2)19-13-6-4-5-12(16)11(13)7-17/h4-6,9,19H,1-3H3,(H,18,20,21). The molecule has 0 aliphatic carbocycles. The number of hydrogen-bond donors (Lipinski definition) is 2. The maximum Gasteiger partial charge on any atom is 0.256 e. The average molecular weight is 286 g/mol. The van der Waals surface area contributed by atoms with Crippen molar-refractivity contribution in [3.05, 3.63) is 57.0 Å². The fourth-order valence-corrected chi connectivity index (χ4v) is 2.31. The third-order valence-corrected chi connectivity index (χ3v) is 3.19. The van der Waals surface area contributed by atoms with Gasteiger partial charge in [-0.15, -0.1) is 0 Å². The molecule has 1 aromatic heterocycles. The first-order chi connectivity index (χ1) is 9.93. The van der Waals surface area contributed by atoms with Crippen LogP contribution in [0.1, 0.15) is 35.6 Å². The highest BCUT2D eigenvalue weighted by atomic mass is 19.1.